The fourth-order valence-electron chi connectivity index (χ4n) is 1.94. The second kappa shape index (κ2) is 6.68. The molecule has 100 valence electrons. The second-order valence-corrected chi connectivity index (χ2v) is 5.47. The Balaban J connectivity index is 1.93. The SMILES string of the molecule is CN(CCc1ccccn1)Cc1c(N)cccc1Br. The smallest absolute Gasteiger partial charge is 0.0416 e. The van der Waals surface area contributed by atoms with Crippen molar-refractivity contribution < 1.29 is 0 Å². The lowest BCUT2D eigenvalue weighted by molar-refractivity contribution is 0.330. The number of anilines is 1. The summed E-state index contributed by atoms with van der Waals surface area (Å²) >= 11 is 3.55. The summed E-state index contributed by atoms with van der Waals surface area (Å²) in [5.74, 6) is 0. The summed E-state index contributed by atoms with van der Waals surface area (Å²) in [5, 5.41) is 0. The molecule has 1 aromatic carbocycles. The third kappa shape index (κ3) is 4.04. The van der Waals surface area contributed by atoms with Crippen molar-refractivity contribution in [2.45, 2.75) is 13.0 Å². The van der Waals surface area contributed by atoms with E-state index in [0.29, 0.717) is 0 Å². The first-order valence-corrected chi connectivity index (χ1v) is 7.07. The standard InChI is InChI=1S/C15H18BrN3/c1-19(10-8-12-5-2-3-9-18-12)11-13-14(16)6-4-7-15(13)17/h2-7,9H,8,10-11,17H2,1H3. The van der Waals surface area contributed by atoms with Crippen molar-refractivity contribution in [3.8, 4) is 0 Å². The van der Waals surface area contributed by atoms with E-state index in [0.717, 1.165) is 40.9 Å². The zero-order chi connectivity index (χ0) is 13.7. The Morgan fingerprint density at radius 3 is 2.74 bits per heavy atom. The van der Waals surface area contributed by atoms with Crippen molar-refractivity contribution >= 4 is 21.6 Å². The van der Waals surface area contributed by atoms with E-state index in [4.69, 9.17) is 5.73 Å². The summed E-state index contributed by atoms with van der Waals surface area (Å²) < 4.78 is 1.07. The van der Waals surface area contributed by atoms with Gasteiger partial charge in [0.1, 0.15) is 0 Å². The number of aromatic nitrogens is 1. The molecule has 1 aromatic heterocycles. The van der Waals surface area contributed by atoms with Gasteiger partial charge >= 0.3 is 0 Å². The van der Waals surface area contributed by atoms with E-state index in [1.54, 1.807) is 0 Å². The number of pyridine rings is 1. The van der Waals surface area contributed by atoms with Crippen LogP contribution in [0.25, 0.3) is 0 Å². The lowest BCUT2D eigenvalue weighted by Crippen LogP contribution is -2.22. The Bertz CT molecular complexity index is 508. The van der Waals surface area contributed by atoms with E-state index < -0.39 is 0 Å². The first kappa shape index (κ1) is 14.0. The number of nitrogens with zero attached hydrogens (tertiary/aromatic N) is 2. The number of hydrogen-bond acceptors (Lipinski definition) is 3. The maximum absolute atomic E-state index is 6.01. The summed E-state index contributed by atoms with van der Waals surface area (Å²) in [5.41, 5.74) is 9.10. The molecule has 0 aliphatic heterocycles. The minimum atomic E-state index is 0.832. The van der Waals surface area contributed by atoms with E-state index in [9.17, 15) is 0 Å². The van der Waals surface area contributed by atoms with Crippen molar-refractivity contribution in [2.75, 3.05) is 19.3 Å². The van der Waals surface area contributed by atoms with Crippen molar-refractivity contribution in [3.05, 3.63) is 58.3 Å². The molecular weight excluding hydrogens is 302 g/mol. The number of hydrogen-bond donors (Lipinski definition) is 1. The van der Waals surface area contributed by atoms with Crippen LogP contribution in [0.1, 0.15) is 11.3 Å². The lowest BCUT2D eigenvalue weighted by Gasteiger charge is -2.18. The number of nitrogen functional groups attached to an aromatic ring is 1. The summed E-state index contributed by atoms with van der Waals surface area (Å²) in [6.45, 7) is 1.79. The molecule has 2 aromatic rings. The largest absolute Gasteiger partial charge is 0.398 e. The molecule has 4 heteroatoms. The fraction of sp³-hybridized carbons (Fsp3) is 0.267. The number of likely N-dealkylation sites (N-methyl/N-ethyl adjacent to an activating group) is 1. The first-order valence-electron chi connectivity index (χ1n) is 6.28. The molecule has 2 N–H and O–H groups in total. The predicted molar refractivity (Wildman–Crippen MR) is 82.8 cm³/mol. The van der Waals surface area contributed by atoms with E-state index in [2.05, 4.69) is 38.9 Å². The van der Waals surface area contributed by atoms with Gasteiger partial charge in [-0.15, -0.1) is 0 Å². The van der Waals surface area contributed by atoms with Gasteiger partial charge in [-0.05, 0) is 31.3 Å². The Morgan fingerprint density at radius 2 is 2.05 bits per heavy atom. The Kier molecular flexibility index (Phi) is 4.93. The molecule has 0 bridgehead atoms. The van der Waals surface area contributed by atoms with E-state index in [-0.39, 0.29) is 0 Å². The van der Waals surface area contributed by atoms with Gasteiger partial charge in [0.15, 0.2) is 0 Å². The van der Waals surface area contributed by atoms with Crippen molar-refractivity contribution in [2.24, 2.45) is 0 Å². The van der Waals surface area contributed by atoms with Crippen molar-refractivity contribution in [3.63, 3.8) is 0 Å². The predicted octanol–water partition coefficient (Wildman–Crippen LogP) is 3.10. The highest BCUT2D eigenvalue weighted by atomic mass is 79.9. The number of rotatable bonds is 5. The van der Waals surface area contributed by atoms with Crippen LogP contribution in [0.15, 0.2) is 47.1 Å². The molecule has 0 aliphatic rings. The molecular formula is C15H18BrN3. The van der Waals surface area contributed by atoms with E-state index >= 15 is 0 Å². The lowest BCUT2D eigenvalue weighted by atomic mass is 10.1. The van der Waals surface area contributed by atoms with Gasteiger partial charge in [-0.2, -0.15) is 0 Å². The van der Waals surface area contributed by atoms with Gasteiger partial charge < -0.3 is 10.6 Å². The van der Waals surface area contributed by atoms with Gasteiger partial charge in [0.2, 0.25) is 0 Å². The van der Waals surface area contributed by atoms with Crippen LogP contribution in [0.5, 0.6) is 0 Å². The Labute approximate surface area is 122 Å². The fourth-order valence-corrected chi connectivity index (χ4v) is 2.45. The molecule has 0 unspecified atom stereocenters. The third-order valence-corrected chi connectivity index (χ3v) is 3.80. The molecule has 0 amide bonds. The maximum atomic E-state index is 6.01. The van der Waals surface area contributed by atoms with Crippen molar-refractivity contribution in [1.29, 1.82) is 0 Å². The van der Waals surface area contributed by atoms with Gasteiger partial charge in [-0.1, -0.05) is 28.1 Å². The van der Waals surface area contributed by atoms with Crippen molar-refractivity contribution in [1.82, 2.24) is 9.88 Å². The highest BCUT2D eigenvalue weighted by Gasteiger charge is 2.07. The highest BCUT2D eigenvalue weighted by molar-refractivity contribution is 9.10. The van der Waals surface area contributed by atoms with Crippen LogP contribution in [0.2, 0.25) is 0 Å². The molecule has 0 radical (unpaired) electrons. The average Bonchev–Trinajstić information content (AvgIpc) is 2.42. The van der Waals surface area contributed by atoms with Crippen LogP contribution in [-0.4, -0.2) is 23.5 Å². The van der Waals surface area contributed by atoms with Crippen LogP contribution in [0.3, 0.4) is 0 Å². The number of benzene rings is 1. The minimum absolute atomic E-state index is 0.832. The summed E-state index contributed by atoms with van der Waals surface area (Å²) in [4.78, 5) is 6.59. The Hall–Kier alpha value is -1.39. The minimum Gasteiger partial charge on any atom is -0.398 e. The molecule has 0 spiro atoms. The summed E-state index contributed by atoms with van der Waals surface area (Å²) in [7, 11) is 2.10. The van der Waals surface area contributed by atoms with Crippen LogP contribution < -0.4 is 5.73 Å². The zero-order valence-corrected chi connectivity index (χ0v) is 12.6. The van der Waals surface area contributed by atoms with Crippen LogP contribution >= 0.6 is 15.9 Å². The van der Waals surface area contributed by atoms with E-state index in [1.165, 1.54) is 0 Å². The van der Waals surface area contributed by atoms with Crippen LogP contribution in [0, 0.1) is 0 Å². The molecule has 19 heavy (non-hydrogen) atoms. The first-order chi connectivity index (χ1) is 9.16. The third-order valence-electron chi connectivity index (χ3n) is 3.06. The molecule has 0 atom stereocenters. The summed E-state index contributed by atoms with van der Waals surface area (Å²) in [6.07, 6.45) is 2.78. The van der Waals surface area contributed by atoms with Gasteiger partial charge in [0.25, 0.3) is 0 Å². The molecule has 0 aliphatic carbocycles. The maximum Gasteiger partial charge on any atom is 0.0416 e. The zero-order valence-electron chi connectivity index (χ0n) is 11.0. The second-order valence-electron chi connectivity index (χ2n) is 4.62. The average molecular weight is 320 g/mol. The molecule has 1 heterocycles. The quantitative estimate of drug-likeness (QED) is 0.861. The number of halogens is 1. The summed E-state index contributed by atoms with van der Waals surface area (Å²) in [6, 6.07) is 11.9. The Morgan fingerprint density at radius 1 is 1.21 bits per heavy atom. The monoisotopic (exact) mass is 319 g/mol. The normalized spacial score (nSPS) is 10.9. The highest BCUT2D eigenvalue weighted by Crippen LogP contribution is 2.23. The molecule has 0 saturated carbocycles. The molecule has 0 saturated heterocycles. The van der Waals surface area contributed by atoms with Gasteiger partial charge in [0.05, 0.1) is 0 Å². The molecule has 0 fully saturated rings. The van der Waals surface area contributed by atoms with Crippen LogP contribution in [-0.2, 0) is 13.0 Å². The van der Waals surface area contributed by atoms with E-state index in [1.807, 2.05) is 36.5 Å². The van der Waals surface area contributed by atoms with Gasteiger partial charge in [-0.3, -0.25) is 4.98 Å². The topological polar surface area (TPSA) is 42.2 Å². The van der Waals surface area contributed by atoms with Gasteiger partial charge in [-0.25, -0.2) is 0 Å². The number of nitrogens with two attached hydrogens (primary N) is 1. The van der Waals surface area contributed by atoms with Gasteiger partial charge in [0, 0.05) is 47.1 Å². The molecule has 2 rings (SSSR count). The van der Waals surface area contributed by atoms with Crippen LogP contribution in [0.4, 0.5) is 5.69 Å². The molecule has 3 nitrogen and oxygen atoms in total.